The first-order valence-corrected chi connectivity index (χ1v) is 5.08. The third-order valence-electron chi connectivity index (χ3n) is 2.25. The number of aromatic nitrogens is 1. The van der Waals surface area contributed by atoms with Crippen LogP contribution in [0.4, 0.5) is 0 Å². The quantitative estimate of drug-likeness (QED) is 0.777. The highest BCUT2D eigenvalue weighted by atomic mass is 35.5. The Morgan fingerprint density at radius 3 is 2.93 bits per heavy atom. The molecule has 0 aliphatic heterocycles. The lowest BCUT2D eigenvalue weighted by atomic mass is 10.1. The molecule has 0 saturated heterocycles. The van der Waals surface area contributed by atoms with Crippen LogP contribution < -0.4 is 0 Å². The molecule has 1 aromatic heterocycles. The van der Waals surface area contributed by atoms with Crippen molar-refractivity contribution in [2.24, 2.45) is 0 Å². The Hall–Kier alpha value is -1.41. The number of benzene rings is 1. The molecular weight excluding hydrogens is 210 g/mol. The number of hydrogen-bond acceptors (Lipinski definition) is 2. The summed E-state index contributed by atoms with van der Waals surface area (Å²) in [6.07, 6.45) is 2.05. The van der Waals surface area contributed by atoms with Crippen molar-refractivity contribution in [2.75, 3.05) is 0 Å². The van der Waals surface area contributed by atoms with E-state index in [0.717, 1.165) is 16.5 Å². The van der Waals surface area contributed by atoms with E-state index < -0.39 is 0 Å². The maximum Gasteiger partial charge on any atom is 0.134 e. The molecular formula is C12H10ClNO. The van der Waals surface area contributed by atoms with Gasteiger partial charge in [0, 0.05) is 28.6 Å². The first kappa shape index (κ1) is 10.1. The number of halogens is 1. The second kappa shape index (κ2) is 3.99. The van der Waals surface area contributed by atoms with Gasteiger partial charge >= 0.3 is 0 Å². The molecule has 0 fully saturated rings. The molecule has 0 bridgehead atoms. The van der Waals surface area contributed by atoms with E-state index >= 15 is 0 Å². The first-order chi connectivity index (χ1) is 7.18. The Morgan fingerprint density at radius 2 is 2.20 bits per heavy atom. The molecule has 76 valence electrons. The fourth-order valence-electron chi connectivity index (χ4n) is 1.60. The molecule has 0 aliphatic rings. The summed E-state index contributed by atoms with van der Waals surface area (Å²) in [6, 6.07) is 7.55. The van der Waals surface area contributed by atoms with Crippen molar-refractivity contribution in [1.29, 1.82) is 0 Å². The number of hydrogen-bond donors (Lipinski definition) is 0. The van der Waals surface area contributed by atoms with Gasteiger partial charge in [0.2, 0.25) is 0 Å². The molecule has 2 rings (SSSR count). The summed E-state index contributed by atoms with van der Waals surface area (Å²) in [4.78, 5) is 15.4. The molecule has 1 heterocycles. The summed E-state index contributed by atoms with van der Waals surface area (Å²) in [6.45, 7) is 1.55. The van der Waals surface area contributed by atoms with Crippen LogP contribution in [0, 0.1) is 0 Å². The van der Waals surface area contributed by atoms with Gasteiger partial charge in [-0.25, -0.2) is 0 Å². The van der Waals surface area contributed by atoms with Gasteiger partial charge in [-0.2, -0.15) is 0 Å². The highest BCUT2D eigenvalue weighted by Crippen LogP contribution is 2.24. The summed E-state index contributed by atoms with van der Waals surface area (Å²) in [7, 11) is 0. The van der Waals surface area contributed by atoms with Crippen LogP contribution in [0.15, 0.2) is 30.5 Å². The van der Waals surface area contributed by atoms with Crippen molar-refractivity contribution in [2.45, 2.75) is 13.3 Å². The molecule has 2 aromatic rings. The van der Waals surface area contributed by atoms with Crippen LogP contribution in [-0.2, 0) is 11.2 Å². The Labute approximate surface area is 92.9 Å². The lowest BCUT2D eigenvalue weighted by molar-refractivity contribution is -0.116. The standard InChI is InChI=1S/C12H10ClNO/c1-8(15)7-10-11(13)5-4-9-3-2-6-14-12(9)10/h2-6H,7H2,1H3. The maximum absolute atomic E-state index is 11.1. The first-order valence-electron chi connectivity index (χ1n) is 4.70. The molecule has 0 saturated carbocycles. The summed E-state index contributed by atoms with van der Waals surface area (Å²) in [5, 5.41) is 1.62. The van der Waals surface area contributed by atoms with Crippen LogP contribution in [0.2, 0.25) is 5.02 Å². The third-order valence-corrected chi connectivity index (χ3v) is 2.60. The fraction of sp³-hybridized carbons (Fsp3) is 0.167. The van der Waals surface area contributed by atoms with Crippen molar-refractivity contribution in [3.05, 3.63) is 41.0 Å². The summed E-state index contributed by atoms with van der Waals surface area (Å²) < 4.78 is 0. The molecule has 0 N–H and O–H groups in total. The molecule has 0 unspecified atom stereocenters. The van der Waals surface area contributed by atoms with Crippen LogP contribution in [0.3, 0.4) is 0 Å². The number of pyridine rings is 1. The minimum Gasteiger partial charge on any atom is -0.300 e. The van der Waals surface area contributed by atoms with Gasteiger partial charge in [-0.15, -0.1) is 0 Å². The Bertz CT molecular complexity index is 522. The fourth-order valence-corrected chi connectivity index (χ4v) is 1.82. The summed E-state index contributed by atoms with van der Waals surface area (Å²) in [5.41, 5.74) is 1.64. The van der Waals surface area contributed by atoms with E-state index in [1.807, 2.05) is 24.3 Å². The van der Waals surface area contributed by atoms with E-state index in [-0.39, 0.29) is 5.78 Å². The molecule has 0 aliphatic carbocycles. The summed E-state index contributed by atoms with van der Waals surface area (Å²) >= 11 is 6.06. The molecule has 0 amide bonds. The van der Waals surface area contributed by atoms with Crippen LogP contribution in [-0.4, -0.2) is 10.8 Å². The molecule has 0 radical (unpaired) electrons. The molecule has 3 heteroatoms. The van der Waals surface area contributed by atoms with E-state index in [0.29, 0.717) is 11.4 Å². The van der Waals surface area contributed by atoms with Crippen molar-refractivity contribution in [1.82, 2.24) is 4.98 Å². The number of rotatable bonds is 2. The number of carbonyl (C=O) groups is 1. The zero-order valence-corrected chi connectivity index (χ0v) is 9.08. The average Bonchev–Trinajstić information content (AvgIpc) is 2.22. The van der Waals surface area contributed by atoms with E-state index in [2.05, 4.69) is 4.98 Å². The lowest BCUT2D eigenvalue weighted by Crippen LogP contribution is -1.99. The van der Waals surface area contributed by atoms with Crippen molar-refractivity contribution >= 4 is 28.3 Å². The monoisotopic (exact) mass is 219 g/mol. The zero-order valence-electron chi connectivity index (χ0n) is 8.33. The predicted molar refractivity (Wildman–Crippen MR) is 61.1 cm³/mol. The van der Waals surface area contributed by atoms with E-state index in [4.69, 9.17) is 11.6 Å². The van der Waals surface area contributed by atoms with Gasteiger partial charge in [-0.1, -0.05) is 23.7 Å². The minimum absolute atomic E-state index is 0.0926. The SMILES string of the molecule is CC(=O)Cc1c(Cl)ccc2cccnc12. The van der Waals surface area contributed by atoms with Gasteiger partial charge in [-0.05, 0) is 19.1 Å². The maximum atomic E-state index is 11.1. The van der Waals surface area contributed by atoms with Gasteiger partial charge in [-0.3, -0.25) is 9.78 Å². The highest BCUT2D eigenvalue weighted by molar-refractivity contribution is 6.32. The van der Waals surface area contributed by atoms with E-state index in [9.17, 15) is 4.79 Å². The zero-order chi connectivity index (χ0) is 10.8. The Kier molecular flexibility index (Phi) is 2.69. The Balaban J connectivity index is 2.68. The van der Waals surface area contributed by atoms with Crippen molar-refractivity contribution in [3.63, 3.8) is 0 Å². The largest absolute Gasteiger partial charge is 0.300 e. The van der Waals surface area contributed by atoms with Gasteiger partial charge in [0.25, 0.3) is 0 Å². The molecule has 2 nitrogen and oxygen atoms in total. The Morgan fingerprint density at radius 1 is 1.40 bits per heavy atom. The van der Waals surface area contributed by atoms with Gasteiger partial charge < -0.3 is 0 Å². The van der Waals surface area contributed by atoms with Gasteiger partial charge in [0.1, 0.15) is 5.78 Å². The number of Topliss-reactive ketones (excluding diaryl/α,β-unsaturated/α-hetero) is 1. The van der Waals surface area contributed by atoms with Crippen LogP contribution >= 0.6 is 11.6 Å². The van der Waals surface area contributed by atoms with Crippen molar-refractivity contribution in [3.8, 4) is 0 Å². The second-order valence-corrected chi connectivity index (χ2v) is 3.89. The van der Waals surface area contributed by atoms with E-state index in [1.165, 1.54) is 0 Å². The lowest BCUT2D eigenvalue weighted by Gasteiger charge is -2.05. The minimum atomic E-state index is 0.0926. The smallest absolute Gasteiger partial charge is 0.134 e. The predicted octanol–water partition coefficient (Wildman–Crippen LogP) is 3.02. The molecule has 0 spiro atoms. The van der Waals surface area contributed by atoms with Crippen molar-refractivity contribution < 1.29 is 4.79 Å². The number of carbonyl (C=O) groups excluding carboxylic acids is 1. The number of ketones is 1. The highest BCUT2D eigenvalue weighted by Gasteiger charge is 2.08. The third kappa shape index (κ3) is 2.00. The van der Waals surface area contributed by atoms with Crippen LogP contribution in [0.5, 0.6) is 0 Å². The van der Waals surface area contributed by atoms with Crippen LogP contribution in [0.25, 0.3) is 10.9 Å². The molecule has 1 aromatic carbocycles. The van der Waals surface area contributed by atoms with E-state index in [1.54, 1.807) is 13.1 Å². The molecule has 0 atom stereocenters. The summed E-state index contributed by atoms with van der Waals surface area (Å²) in [5.74, 6) is 0.0926. The number of fused-ring (bicyclic) bond motifs is 1. The number of nitrogens with zero attached hydrogens (tertiary/aromatic N) is 1. The van der Waals surface area contributed by atoms with Gasteiger partial charge in [0.05, 0.1) is 5.52 Å². The second-order valence-electron chi connectivity index (χ2n) is 3.48. The average molecular weight is 220 g/mol. The molecule has 15 heavy (non-hydrogen) atoms. The topological polar surface area (TPSA) is 30.0 Å². The van der Waals surface area contributed by atoms with Crippen LogP contribution in [0.1, 0.15) is 12.5 Å². The normalized spacial score (nSPS) is 10.5. The van der Waals surface area contributed by atoms with Gasteiger partial charge in [0.15, 0.2) is 0 Å².